The summed E-state index contributed by atoms with van der Waals surface area (Å²) in [6.45, 7) is 16.6. The summed E-state index contributed by atoms with van der Waals surface area (Å²) < 4.78 is 7.40. The molecule has 4 nitrogen and oxygen atoms in total. The molecule has 2 aromatic rings. The Morgan fingerprint density at radius 1 is 0.933 bits per heavy atom. The van der Waals surface area contributed by atoms with E-state index in [2.05, 4.69) is 75.3 Å². The summed E-state index contributed by atoms with van der Waals surface area (Å²) >= 11 is 0. The van der Waals surface area contributed by atoms with E-state index in [0.717, 1.165) is 18.9 Å². The Bertz CT molecular complexity index is 1000. The van der Waals surface area contributed by atoms with Crippen molar-refractivity contribution in [3.63, 3.8) is 0 Å². The van der Waals surface area contributed by atoms with Gasteiger partial charge in [0, 0.05) is 0 Å². The van der Waals surface area contributed by atoms with Crippen LogP contribution in [0, 0.1) is 41.5 Å². The average Bonchev–Trinajstić information content (AvgIpc) is 3.02. The normalized spacial score (nSPS) is 15.0. The number of ether oxygens (including phenoxy) is 1. The first-order chi connectivity index (χ1) is 14.1. The molecule has 2 aromatic carbocycles. The monoisotopic (exact) mass is 406 g/mol. The van der Waals surface area contributed by atoms with Crippen molar-refractivity contribution in [2.75, 3.05) is 25.1 Å². The van der Waals surface area contributed by atoms with Gasteiger partial charge in [0.2, 0.25) is 0 Å². The molecule has 30 heavy (non-hydrogen) atoms. The predicted octanol–water partition coefficient (Wildman–Crippen LogP) is 4.73. The number of benzene rings is 2. The lowest BCUT2D eigenvalue weighted by molar-refractivity contribution is -0.430. The largest absolute Gasteiger partial charge is 0.617 e. The third kappa shape index (κ3) is 4.09. The van der Waals surface area contributed by atoms with E-state index in [0.29, 0.717) is 12.0 Å². The number of hydrogen-bond acceptors (Lipinski definition) is 3. The molecule has 1 heterocycles. The van der Waals surface area contributed by atoms with Gasteiger partial charge in [-0.05, 0) is 83.4 Å². The van der Waals surface area contributed by atoms with Crippen LogP contribution in [-0.2, 0) is 4.74 Å². The molecule has 0 aromatic heterocycles. The SMILES string of the molecule is CO/C([O-])=C(/C)CC1=[N+](c2c(C)cc(C)cc2C)CCN1c1c(C)cc(C)cc1C. The smallest absolute Gasteiger partial charge is 0.261 e. The van der Waals surface area contributed by atoms with Gasteiger partial charge in [-0.3, -0.25) is 0 Å². The van der Waals surface area contributed by atoms with Crippen LogP contribution in [0.4, 0.5) is 11.4 Å². The standard InChI is InChI=1S/C26H34N2O2/c1-16-11-18(3)24(19(4)12-16)27-9-10-28(23(27)15-22(7)26(29)30-8)25-20(5)13-17(2)14-21(25)6/h11-14H,9-10,15H2,1-8H3/b26-22-. The fraction of sp³-hybridized carbons (Fsp3) is 0.423. The lowest BCUT2D eigenvalue weighted by atomic mass is 10.0. The Kier molecular flexibility index (Phi) is 6.25. The van der Waals surface area contributed by atoms with Crippen molar-refractivity contribution in [3.05, 3.63) is 69.2 Å². The zero-order valence-corrected chi connectivity index (χ0v) is 19.6. The summed E-state index contributed by atoms with van der Waals surface area (Å²) in [4.78, 5) is 2.40. The van der Waals surface area contributed by atoms with Gasteiger partial charge in [0.25, 0.3) is 5.84 Å². The summed E-state index contributed by atoms with van der Waals surface area (Å²) in [5, 5.41) is 12.2. The van der Waals surface area contributed by atoms with E-state index < -0.39 is 0 Å². The summed E-state index contributed by atoms with van der Waals surface area (Å²) in [5.41, 5.74) is 10.8. The zero-order valence-electron chi connectivity index (χ0n) is 19.6. The molecule has 1 aliphatic rings. The van der Waals surface area contributed by atoms with Crippen molar-refractivity contribution in [2.45, 2.75) is 54.9 Å². The first-order valence-corrected chi connectivity index (χ1v) is 10.6. The minimum atomic E-state index is -0.246. The van der Waals surface area contributed by atoms with E-state index in [4.69, 9.17) is 4.74 Å². The number of methoxy groups -OCH3 is 1. The minimum absolute atomic E-state index is 0.246. The summed E-state index contributed by atoms with van der Waals surface area (Å²) in [6.07, 6.45) is 0.562. The molecule has 0 N–H and O–H groups in total. The Hall–Kier alpha value is -2.75. The molecule has 0 aliphatic carbocycles. The molecule has 0 fully saturated rings. The maximum atomic E-state index is 12.2. The number of nitrogens with zero attached hydrogens (tertiary/aromatic N) is 2. The molecule has 0 radical (unpaired) electrons. The first kappa shape index (κ1) is 21.9. The van der Waals surface area contributed by atoms with E-state index in [-0.39, 0.29) is 5.95 Å². The Morgan fingerprint density at radius 2 is 1.43 bits per heavy atom. The van der Waals surface area contributed by atoms with E-state index in [1.165, 1.54) is 51.9 Å². The van der Waals surface area contributed by atoms with Crippen LogP contribution in [0.15, 0.2) is 35.8 Å². The van der Waals surface area contributed by atoms with Crippen LogP contribution in [-0.4, -0.2) is 30.6 Å². The van der Waals surface area contributed by atoms with Crippen LogP contribution < -0.4 is 10.0 Å². The summed E-state index contributed by atoms with van der Waals surface area (Å²) in [5.74, 6) is 0.895. The maximum absolute atomic E-state index is 12.2. The highest BCUT2D eigenvalue weighted by molar-refractivity contribution is 5.99. The van der Waals surface area contributed by atoms with E-state index in [1.54, 1.807) is 0 Å². The second kappa shape index (κ2) is 8.55. The summed E-state index contributed by atoms with van der Waals surface area (Å²) in [7, 11) is 1.45. The van der Waals surface area contributed by atoms with Crippen LogP contribution in [0.25, 0.3) is 0 Å². The van der Waals surface area contributed by atoms with Crippen molar-refractivity contribution in [1.82, 2.24) is 0 Å². The van der Waals surface area contributed by atoms with Crippen LogP contribution in [0.3, 0.4) is 0 Å². The van der Waals surface area contributed by atoms with Crippen LogP contribution in [0.2, 0.25) is 0 Å². The van der Waals surface area contributed by atoms with E-state index in [1.807, 2.05) is 6.92 Å². The third-order valence-electron chi connectivity index (χ3n) is 5.94. The van der Waals surface area contributed by atoms with Crippen molar-refractivity contribution in [3.8, 4) is 0 Å². The van der Waals surface area contributed by atoms with Crippen LogP contribution in [0.5, 0.6) is 0 Å². The van der Waals surface area contributed by atoms with Crippen molar-refractivity contribution < 1.29 is 14.4 Å². The van der Waals surface area contributed by atoms with Gasteiger partial charge in [0.05, 0.1) is 12.4 Å². The molecule has 0 amide bonds. The van der Waals surface area contributed by atoms with Gasteiger partial charge in [-0.25, -0.2) is 9.48 Å². The number of rotatable bonds is 5. The lowest BCUT2D eigenvalue weighted by Gasteiger charge is -2.21. The molecule has 0 bridgehead atoms. The van der Waals surface area contributed by atoms with Gasteiger partial charge in [-0.15, -0.1) is 0 Å². The highest BCUT2D eigenvalue weighted by atomic mass is 16.6. The average molecular weight is 407 g/mol. The highest BCUT2D eigenvalue weighted by Crippen LogP contribution is 2.33. The minimum Gasteiger partial charge on any atom is -0.617 e. The van der Waals surface area contributed by atoms with E-state index >= 15 is 0 Å². The van der Waals surface area contributed by atoms with Gasteiger partial charge in [0.15, 0.2) is 0 Å². The predicted molar refractivity (Wildman–Crippen MR) is 123 cm³/mol. The number of amidine groups is 1. The quantitative estimate of drug-likeness (QED) is 0.532. The van der Waals surface area contributed by atoms with Gasteiger partial charge >= 0.3 is 0 Å². The summed E-state index contributed by atoms with van der Waals surface area (Å²) in [6, 6.07) is 8.95. The Labute approximate surface area is 181 Å². The topological polar surface area (TPSA) is 38.5 Å². The second-order valence-corrected chi connectivity index (χ2v) is 8.66. The molecule has 3 rings (SSSR count). The molecular formula is C26H34N2O2. The molecular weight excluding hydrogens is 372 g/mol. The second-order valence-electron chi connectivity index (χ2n) is 8.66. The third-order valence-corrected chi connectivity index (χ3v) is 5.94. The van der Waals surface area contributed by atoms with Gasteiger partial charge in [0.1, 0.15) is 24.5 Å². The van der Waals surface area contributed by atoms with Crippen LogP contribution >= 0.6 is 0 Å². The Morgan fingerprint density at radius 3 is 1.93 bits per heavy atom. The molecule has 0 saturated heterocycles. The number of hydrogen-bond donors (Lipinski definition) is 0. The highest BCUT2D eigenvalue weighted by Gasteiger charge is 2.36. The van der Waals surface area contributed by atoms with Crippen molar-refractivity contribution >= 4 is 17.2 Å². The molecule has 0 atom stereocenters. The van der Waals surface area contributed by atoms with Crippen molar-refractivity contribution in [1.29, 1.82) is 0 Å². The van der Waals surface area contributed by atoms with Gasteiger partial charge < -0.3 is 9.84 Å². The number of anilines is 1. The fourth-order valence-corrected chi connectivity index (χ4v) is 4.96. The molecule has 160 valence electrons. The maximum Gasteiger partial charge on any atom is 0.261 e. The molecule has 1 aliphatic heterocycles. The van der Waals surface area contributed by atoms with Crippen molar-refractivity contribution in [2.24, 2.45) is 0 Å². The molecule has 0 saturated carbocycles. The molecule has 4 heteroatoms. The van der Waals surface area contributed by atoms with E-state index in [9.17, 15) is 5.11 Å². The molecule has 0 unspecified atom stereocenters. The van der Waals surface area contributed by atoms with Gasteiger partial charge in [-0.2, -0.15) is 0 Å². The number of aryl methyl sites for hydroxylation is 6. The lowest BCUT2D eigenvalue weighted by Crippen LogP contribution is -2.31. The first-order valence-electron chi connectivity index (χ1n) is 10.6. The van der Waals surface area contributed by atoms with Crippen LogP contribution in [0.1, 0.15) is 46.7 Å². The Balaban J connectivity index is 2.24. The molecule has 0 spiro atoms. The zero-order chi connectivity index (χ0) is 22.2. The van der Waals surface area contributed by atoms with Gasteiger partial charge in [-0.1, -0.05) is 35.4 Å². The fourth-order valence-electron chi connectivity index (χ4n) is 4.96.